The second kappa shape index (κ2) is 9.86. The number of likely N-dealkylation sites (tertiary alicyclic amines) is 1. The van der Waals surface area contributed by atoms with E-state index in [1.807, 2.05) is 18.3 Å². The fourth-order valence-corrected chi connectivity index (χ4v) is 5.55. The number of thiazole rings is 1. The molecule has 1 saturated heterocycles. The zero-order valence-corrected chi connectivity index (χ0v) is 20.1. The molecule has 4 rings (SSSR count). The molecule has 0 aliphatic carbocycles. The number of rotatable bonds is 7. The van der Waals surface area contributed by atoms with Gasteiger partial charge in [-0.2, -0.15) is 5.26 Å². The fraction of sp³-hybridized carbons (Fsp3) is 0.320. The summed E-state index contributed by atoms with van der Waals surface area (Å²) in [6, 6.07) is 16.9. The number of nitriles is 1. The van der Waals surface area contributed by atoms with Crippen LogP contribution >= 0.6 is 23.1 Å². The minimum Gasteiger partial charge on any atom is -0.359 e. The third-order valence-electron chi connectivity index (χ3n) is 5.43. The van der Waals surface area contributed by atoms with Gasteiger partial charge in [-0.15, -0.1) is 23.1 Å². The molecule has 2 aromatic carbocycles. The summed E-state index contributed by atoms with van der Waals surface area (Å²) in [4.78, 5) is 20.6. The standard InChI is InChI=1S/C25H26N4OS2/c1-16(2)31-22-9-8-19(10-20(22)11-26)23-12-28-25(32-23)18-6-4-17(5-7-18)13-29-14-21(15-29)24(30)27-3/h4-10,12,16,21H,13-15H2,1-3H3,(H,27,30). The third kappa shape index (κ3) is 5.04. The molecule has 0 saturated carbocycles. The molecule has 2 heterocycles. The van der Waals surface area contributed by atoms with Crippen LogP contribution in [0.25, 0.3) is 21.0 Å². The first-order valence-corrected chi connectivity index (χ1v) is 12.4. The summed E-state index contributed by atoms with van der Waals surface area (Å²) in [5.74, 6) is 0.249. The largest absolute Gasteiger partial charge is 0.359 e. The highest BCUT2D eigenvalue weighted by molar-refractivity contribution is 8.00. The lowest BCUT2D eigenvalue weighted by Crippen LogP contribution is -2.52. The molecule has 1 aliphatic rings. The van der Waals surface area contributed by atoms with E-state index in [1.165, 1.54) is 5.56 Å². The molecule has 1 aromatic heterocycles. The highest BCUT2D eigenvalue weighted by atomic mass is 32.2. The van der Waals surface area contributed by atoms with E-state index < -0.39 is 0 Å². The molecule has 0 radical (unpaired) electrons. The molecule has 32 heavy (non-hydrogen) atoms. The molecule has 1 fully saturated rings. The van der Waals surface area contributed by atoms with Crippen molar-refractivity contribution >= 4 is 29.0 Å². The summed E-state index contributed by atoms with van der Waals surface area (Å²) in [5, 5.41) is 13.7. The van der Waals surface area contributed by atoms with E-state index in [4.69, 9.17) is 0 Å². The van der Waals surface area contributed by atoms with Gasteiger partial charge in [-0.25, -0.2) is 4.98 Å². The Morgan fingerprint density at radius 2 is 1.97 bits per heavy atom. The topological polar surface area (TPSA) is 69.0 Å². The third-order valence-corrected chi connectivity index (χ3v) is 7.61. The van der Waals surface area contributed by atoms with Crippen molar-refractivity contribution in [2.75, 3.05) is 20.1 Å². The van der Waals surface area contributed by atoms with Crippen molar-refractivity contribution in [3.63, 3.8) is 0 Å². The molecule has 3 aromatic rings. The zero-order valence-electron chi connectivity index (χ0n) is 18.5. The second-order valence-corrected chi connectivity index (χ2v) is 10.9. The molecule has 5 nitrogen and oxygen atoms in total. The lowest BCUT2D eigenvalue weighted by atomic mass is 9.98. The minimum absolute atomic E-state index is 0.118. The molecular formula is C25H26N4OS2. The maximum atomic E-state index is 11.6. The number of nitrogens with zero attached hydrogens (tertiary/aromatic N) is 3. The quantitative estimate of drug-likeness (QED) is 0.499. The van der Waals surface area contributed by atoms with Crippen molar-refractivity contribution in [1.29, 1.82) is 5.26 Å². The summed E-state index contributed by atoms with van der Waals surface area (Å²) >= 11 is 3.35. The van der Waals surface area contributed by atoms with Crippen molar-refractivity contribution in [2.45, 2.75) is 30.5 Å². The van der Waals surface area contributed by atoms with E-state index in [2.05, 4.69) is 65.4 Å². The Labute approximate surface area is 197 Å². The zero-order chi connectivity index (χ0) is 22.7. The van der Waals surface area contributed by atoms with Gasteiger partial charge >= 0.3 is 0 Å². The number of carbonyl (C=O) groups is 1. The molecule has 0 atom stereocenters. The number of hydrogen-bond donors (Lipinski definition) is 1. The van der Waals surface area contributed by atoms with Crippen molar-refractivity contribution in [3.8, 4) is 27.1 Å². The van der Waals surface area contributed by atoms with E-state index in [-0.39, 0.29) is 11.8 Å². The SMILES string of the molecule is CNC(=O)C1CN(Cc2ccc(-c3ncc(-c4ccc(SC(C)C)c(C#N)c4)s3)cc2)C1. The van der Waals surface area contributed by atoms with Crippen LogP contribution in [0.5, 0.6) is 0 Å². The maximum absolute atomic E-state index is 11.6. The van der Waals surface area contributed by atoms with E-state index in [0.717, 1.165) is 45.5 Å². The lowest BCUT2D eigenvalue weighted by molar-refractivity contribution is -0.129. The van der Waals surface area contributed by atoms with Gasteiger partial charge in [-0.1, -0.05) is 44.2 Å². The van der Waals surface area contributed by atoms with Gasteiger partial charge in [-0.05, 0) is 23.3 Å². The van der Waals surface area contributed by atoms with Crippen molar-refractivity contribution in [3.05, 3.63) is 59.8 Å². The molecule has 0 unspecified atom stereocenters. The Morgan fingerprint density at radius 3 is 2.62 bits per heavy atom. The van der Waals surface area contributed by atoms with E-state index in [9.17, 15) is 10.1 Å². The first-order chi connectivity index (χ1) is 15.5. The number of amides is 1. The molecule has 0 bridgehead atoms. The molecular weight excluding hydrogens is 436 g/mol. The van der Waals surface area contributed by atoms with Crippen LogP contribution in [-0.4, -0.2) is 41.2 Å². The van der Waals surface area contributed by atoms with Crippen LogP contribution in [0.15, 0.2) is 53.6 Å². The van der Waals surface area contributed by atoms with Crippen LogP contribution in [-0.2, 0) is 11.3 Å². The minimum atomic E-state index is 0.118. The first kappa shape index (κ1) is 22.5. The van der Waals surface area contributed by atoms with Gasteiger partial charge in [0.05, 0.1) is 16.4 Å². The summed E-state index contributed by atoms with van der Waals surface area (Å²) in [6.07, 6.45) is 1.89. The Hall–Kier alpha value is -2.66. The van der Waals surface area contributed by atoms with E-state index in [0.29, 0.717) is 10.8 Å². The number of benzene rings is 2. The van der Waals surface area contributed by atoms with Gasteiger partial charge in [0.1, 0.15) is 11.1 Å². The van der Waals surface area contributed by atoms with Crippen LogP contribution in [0.3, 0.4) is 0 Å². The summed E-state index contributed by atoms with van der Waals surface area (Å²) in [6.45, 7) is 6.75. The maximum Gasteiger partial charge on any atom is 0.225 e. The van der Waals surface area contributed by atoms with Gasteiger partial charge in [0.25, 0.3) is 0 Å². The number of hydrogen-bond acceptors (Lipinski definition) is 6. The predicted octanol–water partition coefficient (Wildman–Crippen LogP) is 5.03. The summed E-state index contributed by atoms with van der Waals surface area (Å²) in [5.41, 5.74) is 4.06. The molecule has 0 spiro atoms. The number of carbonyl (C=O) groups excluding carboxylic acids is 1. The van der Waals surface area contributed by atoms with Gasteiger partial charge in [0.2, 0.25) is 5.91 Å². The first-order valence-electron chi connectivity index (χ1n) is 10.7. The molecule has 1 aliphatic heterocycles. The number of aromatic nitrogens is 1. The van der Waals surface area contributed by atoms with Gasteiger partial charge in [0.15, 0.2) is 0 Å². The predicted molar refractivity (Wildman–Crippen MR) is 132 cm³/mol. The van der Waals surface area contributed by atoms with Crippen LogP contribution < -0.4 is 5.32 Å². The monoisotopic (exact) mass is 462 g/mol. The fourth-order valence-electron chi connectivity index (χ4n) is 3.75. The summed E-state index contributed by atoms with van der Waals surface area (Å²) in [7, 11) is 1.69. The van der Waals surface area contributed by atoms with Crippen LogP contribution in [0, 0.1) is 17.2 Å². The lowest BCUT2D eigenvalue weighted by Gasteiger charge is -2.38. The normalized spacial score (nSPS) is 14.2. The molecule has 164 valence electrons. The highest BCUT2D eigenvalue weighted by Gasteiger charge is 2.31. The Morgan fingerprint density at radius 1 is 1.25 bits per heavy atom. The van der Waals surface area contributed by atoms with Crippen molar-refractivity contribution < 1.29 is 4.79 Å². The average molecular weight is 463 g/mol. The second-order valence-electron chi connectivity index (χ2n) is 8.22. The van der Waals surface area contributed by atoms with Crippen LogP contribution in [0.1, 0.15) is 25.0 Å². The Kier molecular flexibility index (Phi) is 6.95. The van der Waals surface area contributed by atoms with Crippen LogP contribution in [0.2, 0.25) is 0 Å². The Balaban J connectivity index is 1.43. The van der Waals surface area contributed by atoms with Crippen LogP contribution in [0.4, 0.5) is 0 Å². The molecule has 1 amide bonds. The van der Waals surface area contributed by atoms with E-state index >= 15 is 0 Å². The van der Waals surface area contributed by atoms with Crippen molar-refractivity contribution in [1.82, 2.24) is 15.2 Å². The molecule has 1 N–H and O–H groups in total. The van der Waals surface area contributed by atoms with Gasteiger partial charge in [0, 0.05) is 48.6 Å². The molecule has 7 heteroatoms. The smallest absolute Gasteiger partial charge is 0.225 e. The summed E-state index contributed by atoms with van der Waals surface area (Å²) < 4.78 is 0. The average Bonchev–Trinajstić information content (AvgIpc) is 3.26. The number of thioether (sulfide) groups is 1. The highest BCUT2D eigenvalue weighted by Crippen LogP contribution is 2.35. The Bertz CT molecular complexity index is 1140. The van der Waals surface area contributed by atoms with Crippen molar-refractivity contribution in [2.24, 2.45) is 5.92 Å². The van der Waals surface area contributed by atoms with Gasteiger partial charge in [-0.3, -0.25) is 9.69 Å². The van der Waals surface area contributed by atoms with E-state index in [1.54, 1.807) is 30.1 Å². The van der Waals surface area contributed by atoms with Gasteiger partial charge < -0.3 is 5.32 Å². The number of nitrogens with one attached hydrogen (secondary N) is 1.